The average Bonchev–Trinajstić information content (AvgIpc) is 2.31. The van der Waals surface area contributed by atoms with Gasteiger partial charge in [-0.3, -0.25) is 14.9 Å². The Morgan fingerprint density at radius 1 is 1.61 bits per heavy atom. The third-order valence-corrected chi connectivity index (χ3v) is 2.77. The third kappa shape index (κ3) is 3.43. The van der Waals surface area contributed by atoms with Crippen molar-refractivity contribution >= 4 is 23.3 Å². The molecule has 0 saturated carbocycles. The maximum Gasteiger partial charge on any atom is 0.320 e. The van der Waals surface area contributed by atoms with E-state index in [1.165, 1.54) is 18.2 Å². The van der Waals surface area contributed by atoms with Gasteiger partial charge >= 0.3 is 5.97 Å². The monoisotopic (exact) mass is 268 g/mol. The van der Waals surface area contributed by atoms with Crippen LogP contribution in [0.3, 0.4) is 0 Å². The molecule has 0 heterocycles. The van der Waals surface area contributed by atoms with Gasteiger partial charge in [0.05, 0.1) is 11.0 Å². The number of aryl methyl sites for hydroxylation is 1. The largest absolute Gasteiger partial charge is 0.480 e. The first-order valence-corrected chi connectivity index (χ1v) is 5.38. The Morgan fingerprint density at radius 2 is 2.28 bits per heavy atom. The van der Waals surface area contributed by atoms with Gasteiger partial charge in [-0.05, 0) is 24.5 Å². The maximum atomic E-state index is 10.6. The summed E-state index contributed by atoms with van der Waals surface area (Å²) in [4.78, 5) is 20.7. The molecule has 0 radical (unpaired) electrons. The Labute approximate surface area is 108 Å². The minimum atomic E-state index is -1.21. The fourth-order valence-electron chi connectivity index (χ4n) is 1.41. The second-order valence-corrected chi connectivity index (χ2v) is 4.00. The van der Waals surface area contributed by atoms with E-state index in [2.05, 4.69) is 0 Å². The normalized spacial score (nSPS) is 11.6. The van der Waals surface area contributed by atoms with Crippen molar-refractivity contribution < 1.29 is 14.8 Å². The van der Waals surface area contributed by atoms with Crippen molar-refractivity contribution in [3.63, 3.8) is 0 Å². The van der Waals surface area contributed by atoms with E-state index in [4.69, 9.17) is 22.0 Å². The van der Waals surface area contributed by atoms with E-state index in [1.807, 2.05) is 0 Å². The lowest BCUT2D eigenvalue weighted by Crippen LogP contribution is -2.12. The van der Waals surface area contributed by atoms with E-state index < -0.39 is 16.8 Å². The van der Waals surface area contributed by atoms with Crippen LogP contribution in [0.4, 0.5) is 5.69 Å². The highest BCUT2D eigenvalue weighted by Gasteiger charge is 2.18. The molecule has 0 aliphatic rings. The molecule has 1 aromatic rings. The Bertz CT molecular complexity index is 524. The summed E-state index contributed by atoms with van der Waals surface area (Å²) in [5.74, 6) is -2.35. The first-order valence-electron chi connectivity index (χ1n) is 5.01. The molecule has 1 N–H and O–H groups in total. The number of non-ortho nitro benzene ring substituents is 1. The summed E-state index contributed by atoms with van der Waals surface area (Å²) in [5.41, 5.74) is 0.352. The van der Waals surface area contributed by atoms with Gasteiger partial charge in [0, 0.05) is 17.2 Å². The molecule has 1 rings (SSSR count). The van der Waals surface area contributed by atoms with Gasteiger partial charge in [0.25, 0.3) is 5.69 Å². The molecule has 1 unspecified atom stereocenters. The molecule has 0 aliphatic carbocycles. The van der Waals surface area contributed by atoms with Crippen LogP contribution in [-0.4, -0.2) is 16.0 Å². The molecule has 94 valence electrons. The fourth-order valence-corrected chi connectivity index (χ4v) is 1.62. The molecule has 0 fully saturated rings. The highest BCUT2D eigenvalue weighted by atomic mass is 35.5. The Hall–Kier alpha value is -2.13. The van der Waals surface area contributed by atoms with Gasteiger partial charge in [0.1, 0.15) is 5.92 Å². The number of halogens is 1. The van der Waals surface area contributed by atoms with E-state index in [9.17, 15) is 14.9 Å². The van der Waals surface area contributed by atoms with Crippen LogP contribution >= 0.6 is 11.6 Å². The lowest BCUT2D eigenvalue weighted by Gasteiger charge is -2.05. The van der Waals surface area contributed by atoms with Crippen molar-refractivity contribution in [1.29, 1.82) is 5.26 Å². The van der Waals surface area contributed by atoms with Crippen LogP contribution in [0.25, 0.3) is 0 Å². The molecular formula is C11H9ClN2O4. The zero-order valence-corrected chi connectivity index (χ0v) is 9.92. The van der Waals surface area contributed by atoms with Gasteiger partial charge in [0.2, 0.25) is 0 Å². The number of hydrogen-bond donors (Lipinski definition) is 1. The van der Waals surface area contributed by atoms with Crippen LogP contribution in [0.15, 0.2) is 18.2 Å². The van der Waals surface area contributed by atoms with Gasteiger partial charge in [-0.15, -0.1) is 0 Å². The van der Waals surface area contributed by atoms with Crippen LogP contribution < -0.4 is 0 Å². The quantitative estimate of drug-likeness (QED) is 0.652. The molecule has 1 aromatic carbocycles. The van der Waals surface area contributed by atoms with E-state index >= 15 is 0 Å². The predicted octanol–water partition coefficient (Wildman–Crippen LogP) is 2.41. The average molecular weight is 269 g/mol. The maximum absolute atomic E-state index is 10.6. The lowest BCUT2D eigenvalue weighted by molar-refractivity contribution is -0.384. The zero-order chi connectivity index (χ0) is 13.7. The van der Waals surface area contributed by atoms with Crippen molar-refractivity contribution in [2.45, 2.75) is 12.8 Å². The third-order valence-electron chi connectivity index (χ3n) is 2.40. The molecule has 0 bridgehead atoms. The zero-order valence-electron chi connectivity index (χ0n) is 9.17. The Balaban J connectivity index is 2.84. The molecule has 1 atom stereocenters. The minimum absolute atomic E-state index is 0.0622. The van der Waals surface area contributed by atoms with Gasteiger partial charge in [-0.2, -0.15) is 5.26 Å². The molecule has 0 saturated heterocycles. The van der Waals surface area contributed by atoms with Crippen molar-refractivity contribution in [2.24, 2.45) is 5.92 Å². The van der Waals surface area contributed by atoms with Crippen LogP contribution in [0.1, 0.15) is 12.0 Å². The molecule has 18 heavy (non-hydrogen) atoms. The molecule has 0 spiro atoms. The first kappa shape index (κ1) is 13.9. The number of nitrogens with zero attached hydrogens (tertiary/aromatic N) is 2. The minimum Gasteiger partial charge on any atom is -0.480 e. The summed E-state index contributed by atoms with van der Waals surface area (Å²) in [7, 11) is 0. The molecule has 6 nitrogen and oxygen atoms in total. The van der Waals surface area contributed by atoms with E-state index in [0.717, 1.165) is 0 Å². The summed E-state index contributed by atoms with van der Waals surface area (Å²) >= 11 is 5.85. The van der Waals surface area contributed by atoms with Crippen LogP contribution in [0.2, 0.25) is 5.02 Å². The second kappa shape index (κ2) is 5.98. The predicted molar refractivity (Wildman–Crippen MR) is 63.2 cm³/mol. The van der Waals surface area contributed by atoms with Gasteiger partial charge < -0.3 is 5.11 Å². The number of benzene rings is 1. The fraction of sp³-hybridized carbons (Fsp3) is 0.273. The Morgan fingerprint density at radius 3 is 2.78 bits per heavy atom. The smallest absolute Gasteiger partial charge is 0.320 e. The van der Waals surface area contributed by atoms with Gasteiger partial charge in [-0.1, -0.05) is 11.6 Å². The number of nitro benzene ring substituents is 1. The number of carboxylic acids is 1. The summed E-state index contributed by atoms with van der Waals surface area (Å²) in [6.07, 6.45) is 0.262. The summed E-state index contributed by atoms with van der Waals surface area (Å²) in [6.45, 7) is 0. The van der Waals surface area contributed by atoms with Crippen molar-refractivity contribution in [2.75, 3.05) is 0 Å². The van der Waals surface area contributed by atoms with Crippen LogP contribution in [0.5, 0.6) is 0 Å². The van der Waals surface area contributed by atoms with E-state index in [-0.39, 0.29) is 18.5 Å². The van der Waals surface area contributed by atoms with Crippen LogP contribution in [-0.2, 0) is 11.2 Å². The summed E-state index contributed by atoms with van der Waals surface area (Å²) in [5, 5.41) is 28.2. The SMILES string of the molecule is N#CC(CCc1cc([N+](=O)[O-])ccc1Cl)C(=O)O. The number of rotatable bonds is 5. The molecular weight excluding hydrogens is 260 g/mol. The summed E-state index contributed by atoms with van der Waals surface area (Å²) in [6, 6.07) is 5.60. The van der Waals surface area contributed by atoms with Crippen molar-refractivity contribution in [3.05, 3.63) is 38.9 Å². The topological polar surface area (TPSA) is 104 Å². The highest BCUT2D eigenvalue weighted by molar-refractivity contribution is 6.31. The second-order valence-electron chi connectivity index (χ2n) is 3.59. The van der Waals surface area contributed by atoms with Gasteiger partial charge in [0.15, 0.2) is 0 Å². The number of nitro groups is 1. The van der Waals surface area contributed by atoms with Crippen molar-refractivity contribution in [3.8, 4) is 6.07 Å². The lowest BCUT2D eigenvalue weighted by atomic mass is 10.0. The van der Waals surface area contributed by atoms with E-state index in [1.54, 1.807) is 6.07 Å². The Kier molecular flexibility index (Phi) is 4.63. The number of aliphatic carboxylic acids is 1. The number of carboxylic acid groups (broad SMARTS) is 1. The number of carbonyl (C=O) groups is 1. The first-order chi connectivity index (χ1) is 8.45. The van der Waals surface area contributed by atoms with Gasteiger partial charge in [-0.25, -0.2) is 0 Å². The van der Waals surface area contributed by atoms with E-state index in [0.29, 0.717) is 10.6 Å². The molecule has 0 aliphatic heterocycles. The number of hydrogen-bond acceptors (Lipinski definition) is 4. The molecule has 0 aromatic heterocycles. The van der Waals surface area contributed by atoms with Crippen LogP contribution in [0, 0.1) is 27.4 Å². The molecule has 0 amide bonds. The molecule has 7 heteroatoms. The number of nitriles is 1. The highest BCUT2D eigenvalue weighted by Crippen LogP contribution is 2.24. The standard InChI is InChI=1S/C11H9ClN2O4/c12-10-4-3-9(14(17)18)5-7(10)1-2-8(6-13)11(15)16/h3-5,8H,1-2H2,(H,15,16). The van der Waals surface area contributed by atoms with Crippen molar-refractivity contribution in [1.82, 2.24) is 0 Å². The summed E-state index contributed by atoms with van der Waals surface area (Å²) < 4.78 is 0.